The van der Waals surface area contributed by atoms with Crippen molar-refractivity contribution in [1.29, 1.82) is 5.39 Å². The summed E-state index contributed by atoms with van der Waals surface area (Å²) in [5.41, 5.74) is 1.69. The summed E-state index contributed by atoms with van der Waals surface area (Å²) < 4.78 is 1.96. The third-order valence-electron chi connectivity index (χ3n) is 2.99. The summed E-state index contributed by atoms with van der Waals surface area (Å²) in [4.78, 5) is 26.6. The molecule has 0 unspecified atom stereocenters. The Morgan fingerprint density at radius 2 is 1.86 bits per heavy atom. The number of hydrogen-bond acceptors (Lipinski definition) is 5. The first kappa shape index (κ1) is 15.5. The average Bonchev–Trinajstić information content (AvgIpc) is 2.52. The van der Waals surface area contributed by atoms with Crippen molar-refractivity contribution in [2.75, 3.05) is 5.43 Å². The number of nitrogens with zero attached hydrogens (tertiary/aromatic N) is 5. The van der Waals surface area contributed by atoms with Gasteiger partial charge in [-0.25, -0.2) is 4.79 Å². The molecule has 112 valence electrons. The van der Waals surface area contributed by atoms with Crippen molar-refractivity contribution in [3.05, 3.63) is 60.7 Å². The lowest BCUT2D eigenvalue weighted by molar-refractivity contribution is 0.694. The molecule has 1 N–H and O–H groups in total. The van der Waals surface area contributed by atoms with Crippen LogP contribution in [0.4, 0.5) is 11.5 Å². The minimum Gasteiger partial charge on any atom is -0.275 e. The van der Waals surface area contributed by atoms with E-state index in [1.807, 2.05) is 0 Å². The van der Waals surface area contributed by atoms with Crippen molar-refractivity contribution in [2.45, 2.75) is 0 Å². The van der Waals surface area contributed by atoms with Crippen molar-refractivity contribution in [3.8, 4) is 0 Å². The smallest absolute Gasteiger partial charge is 0.275 e. The Labute approximate surface area is 129 Å². The molecule has 0 fully saturated rings. The average molecular weight is 320 g/mol. The highest BCUT2D eigenvalue weighted by molar-refractivity contribution is 6.30. The molecule has 0 saturated carbocycles. The highest BCUT2D eigenvalue weighted by Gasteiger charge is 2.26. The molecule has 2 aromatic rings. The van der Waals surface area contributed by atoms with Gasteiger partial charge in [0.15, 0.2) is 4.98 Å². The highest BCUT2D eigenvalue weighted by atomic mass is 35.5. The van der Waals surface area contributed by atoms with Gasteiger partial charge in [0.1, 0.15) is 0 Å². The van der Waals surface area contributed by atoms with Gasteiger partial charge in [0.2, 0.25) is 11.2 Å². The van der Waals surface area contributed by atoms with Crippen LogP contribution in [0.2, 0.25) is 5.02 Å². The van der Waals surface area contributed by atoms with Crippen molar-refractivity contribution in [1.82, 2.24) is 9.13 Å². The van der Waals surface area contributed by atoms with Gasteiger partial charge in [-0.15, -0.1) is 0 Å². The summed E-state index contributed by atoms with van der Waals surface area (Å²) in [5, 5.41) is 13.5. The van der Waals surface area contributed by atoms with E-state index in [1.165, 1.54) is 20.3 Å². The molecule has 0 bridgehead atoms. The lowest BCUT2D eigenvalue weighted by Crippen LogP contribution is -2.37. The number of hydrazone groups is 1. The Balaban J connectivity index is 2.38. The van der Waals surface area contributed by atoms with Gasteiger partial charge in [-0.05, 0) is 17.7 Å². The fraction of sp³-hybridized carbons (Fsp3) is 0.154. The van der Waals surface area contributed by atoms with Crippen LogP contribution in [0, 0.1) is 5.39 Å². The summed E-state index contributed by atoms with van der Waals surface area (Å²) >= 11 is 5.78. The Bertz CT molecular complexity index is 889. The monoisotopic (exact) mass is 319 g/mol. The first-order valence-electron chi connectivity index (χ1n) is 6.15. The van der Waals surface area contributed by atoms with Crippen molar-refractivity contribution < 1.29 is 0 Å². The molecule has 1 aromatic carbocycles. The van der Waals surface area contributed by atoms with Crippen LogP contribution >= 0.6 is 11.6 Å². The second-order valence-corrected chi connectivity index (χ2v) is 4.86. The number of diazo groups is 1. The van der Waals surface area contributed by atoms with Crippen LogP contribution in [-0.4, -0.2) is 15.3 Å². The van der Waals surface area contributed by atoms with E-state index in [1.54, 1.807) is 24.3 Å². The summed E-state index contributed by atoms with van der Waals surface area (Å²) in [7, 11) is 2.72. The maximum Gasteiger partial charge on any atom is 0.491 e. The first-order valence-corrected chi connectivity index (χ1v) is 6.53. The first-order chi connectivity index (χ1) is 10.5. The van der Waals surface area contributed by atoms with Gasteiger partial charge in [-0.3, -0.25) is 19.4 Å². The Morgan fingerprint density at radius 3 is 2.45 bits per heavy atom. The van der Waals surface area contributed by atoms with Crippen molar-refractivity contribution in [3.63, 3.8) is 0 Å². The zero-order chi connectivity index (χ0) is 16.3. The number of benzene rings is 1. The molecular formula is C13H12ClN6O2+. The van der Waals surface area contributed by atoms with Gasteiger partial charge in [-0.1, -0.05) is 23.7 Å². The second kappa shape index (κ2) is 6.24. The Hall–Kier alpha value is -2.92. The number of aromatic nitrogens is 2. The molecule has 22 heavy (non-hydrogen) atoms. The topological polar surface area (TPSA) is 96.5 Å². The van der Waals surface area contributed by atoms with E-state index in [2.05, 4.69) is 15.5 Å². The van der Waals surface area contributed by atoms with Crippen LogP contribution in [0.5, 0.6) is 0 Å². The van der Waals surface area contributed by atoms with Crippen LogP contribution < -0.4 is 16.7 Å². The minimum atomic E-state index is -0.727. The zero-order valence-electron chi connectivity index (χ0n) is 11.8. The summed E-state index contributed by atoms with van der Waals surface area (Å²) in [5.74, 6) is -0.0131. The molecule has 1 aromatic heterocycles. The molecule has 9 heteroatoms. The van der Waals surface area contributed by atoms with Crippen LogP contribution in [0.15, 0.2) is 39.0 Å². The molecular weight excluding hydrogens is 308 g/mol. The molecule has 0 spiro atoms. The number of anilines is 1. The zero-order valence-corrected chi connectivity index (χ0v) is 12.6. The van der Waals surface area contributed by atoms with E-state index in [-0.39, 0.29) is 11.5 Å². The number of halogens is 1. The third kappa shape index (κ3) is 2.89. The fourth-order valence-electron chi connectivity index (χ4n) is 1.76. The predicted octanol–water partition coefficient (Wildman–Crippen LogP) is 1.67. The molecule has 0 aliphatic rings. The number of rotatable bonds is 3. The number of hydrogen-bond donors (Lipinski definition) is 1. The predicted molar refractivity (Wildman–Crippen MR) is 84.3 cm³/mol. The molecule has 2 rings (SSSR count). The summed E-state index contributed by atoms with van der Waals surface area (Å²) in [6.45, 7) is 0. The summed E-state index contributed by atoms with van der Waals surface area (Å²) in [6, 6.07) is 6.89. The quantitative estimate of drug-likeness (QED) is 0.528. The van der Waals surface area contributed by atoms with Gasteiger partial charge in [0.05, 0.1) is 6.21 Å². The van der Waals surface area contributed by atoms with Crippen molar-refractivity contribution >= 4 is 29.3 Å². The lowest BCUT2D eigenvalue weighted by atomic mass is 10.2. The molecule has 0 aliphatic carbocycles. The summed E-state index contributed by atoms with van der Waals surface area (Å²) in [6.07, 6.45) is 1.47. The van der Waals surface area contributed by atoms with Crippen LogP contribution in [0.1, 0.15) is 5.56 Å². The largest absolute Gasteiger partial charge is 0.491 e. The standard InChI is InChI=1S/C13H11ClN6O2/c1-19-11(10(17-15)12(21)20(2)13(19)22)18-16-7-8-3-5-9(14)6-4-8/h3-7H,1-2H3/p+1/b16-7-. The molecule has 0 radical (unpaired) electrons. The molecule has 0 amide bonds. The van der Waals surface area contributed by atoms with Crippen LogP contribution in [0.3, 0.4) is 0 Å². The van der Waals surface area contributed by atoms with E-state index >= 15 is 0 Å². The molecule has 1 heterocycles. The molecule has 8 nitrogen and oxygen atoms in total. The molecule has 0 saturated heterocycles. The maximum absolute atomic E-state index is 11.9. The van der Waals surface area contributed by atoms with Gasteiger partial charge < -0.3 is 0 Å². The number of nitrogens with one attached hydrogen (secondary N) is 1. The third-order valence-corrected chi connectivity index (χ3v) is 3.25. The van der Waals surface area contributed by atoms with Gasteiger partial charge in [0.25, 0.3) is 0 Å². The van der Waals surface area contributed by atoms with Crippen LogP contribution in [0.25, 0.3) is 4.98 Å². The molecule has 0 aliphatic heterocycles. The maximum atomic E-state index is 11.9. The Kier molecular flexibility index (Phi) is 4.39. The van der Waals surface area contributed by atoms with Gasteiger partial charge in [0, 0.05) is 19.1 Å². The highest BCUT2D eigenvalue weighted by Crippen LogP contribution is 2.17. The minimum absolute atomic E-state index is 0.0131. The normalized spacial score (nSPS) is 10.6. The van der Waals surface area contributed by atoms with E-state index in [9.17, 15) is 9.59 Å². The Morgan fingerprint density at radius 1 is 1.23 bits per heavy atom. The van der Waals surface area contributed by atoms with E-state index in [0.29, 0.717) is 5.02 Å². The van der Waals surface area contributed by atoms with E-state index < -0.39 is 11.2 Å². The van der Waals surface area contributed by atoms with Crippen LogP contribution in [-0.2, 0) is 14.1 Å². The molecule has 0 atom stereocenters. The van der Waals surface area contributed by atoms with Gasteiger partial charge >= 0.3 is 16.9 Å². The van der Waals surface area contributed by atoms with E-state index in [0.717, 1.165) is 14.7 Å². The lowest BCUT2D eigenvalue weighted by Gasteiger charge is -2.05. The SMILES string of the molecule is Cn1c(N/N=C\c2ccc(Cl)cc2)c([N+]#N)c(=O)n(C)c1=O. The second-order valence-electron chi connectivity index (χ2n) is 4.42. The fourth-order valence-corrected chi connectivity index (χ4v) is 1.89. The van der Waals surface area contributed by atoms with E-state index in [4.69, 9.17) is 17.0 Å². The van der Waals surface area contributed by atoms with Gasteiger partial charge in [-0.2, -0.15) is 5.10 Å². The van der Waals surface area contributed by atoms with Crippen molar-refractivity contribution in [2.24, 2.45) is 19.2 Å².